The first-order chi connectivity index (χ1) is 15.8. The normalized spacial score (nSPS) is 11.6. The smallest absolute Gasteiger partial charge is 0.335 e. The molecule has 0 aliphatic carbocycles. The zero-order valence-corrected chi connectivity index (χ0v) is 18.8. The molecule has 0 aliphatic rings. The summed E-state index contributed by atoms with van der Waals surface area (Å²) in [6.45, 7) is -0.477. The van der Waals surface area contributed by atoms with E-state index in [9.17, 15) is 18.0 Å². The van der Waals surface area contributed by atoms with Crippen LogP contribution in [0.1, 0.15) is 21.5 Å². The van der Waals surface area contributed by atoms with Crippen molar-refractivity contribution in [1.82, 2.24) is 9.73 Å². The number of benzene rings is 3. The highest BCUT2D eigenvalue weighted by atomic mass is 35.5. The highest BCUT2D eigenvalue weighted by molar-refractivity contribution is 7.89. The summed E-state index contributed by atoms with van der Waals surface area (Å²) in [6.07, 6.45) is 1.33. The van der Waals surface area contributed by atoms with Crippen LogP contribution in [0.5, 0.6) is 0 Å². The quantitative estimate of drug-likeness (QED) is 0.356. The minimum Gasteiger partial charge on any atom is -0.478 e. The van der Waals surface area contributed by atoms with Crippen molar-refractivity contribution >= 4 is 39.7 Å². The number of rotatable bonds is 9. The van der Waals surface area contributed by atoms with Crippen LogP contribution in [0.15, 0.2) is 88.9 Å². The number of carboxylic acids is 1. The molecule has 0 bridgehead atoms. The molecule has 3 aromatic carbocycles. The number of amides is 1. The Labute approximate surface area is 196 Å². The second-order valence-corrected chi connectivity index (χ2v) is 9.31. The Kier molecular flexibility index (Phi) is 7.94. The number of carbonyl (C=O) groups excluding carboxylic acids is 1. The zero-order chi connectivity index (χ0) is 23.8. The van der Waals surface area contributed by atoms with E-state index in [0.717, 1.165) is 4.31 Å². The highest BCUT2D eigenvalue weighted by Crippen LogP contribution is 2.20. The van der Waals surface area contributed by atoms with Gasteiger partial charge >= 0.3 is 5.97 Å². The van der Waals surface area contributed by atoms with Crippen LogP contribution >= 0.6 is 11.6 Å². The predicted molar refractivity (Wildman–Crippen MR) is 125 cm³/mol. The molecular formula is C23H20ClN3O5S. The summed E-state index contributed by atoms with van der Waals surface area (Å²) in [5.41, 5.74) is 3.71. The number of carbonyl (C=O) groups is 2. The van der Waals surface area contributed by atoms with Crippen LogP contribution in [0, 0.1) is 0 Å². The lowest BCUT2D eigenvalue weighted by Crippen LogP contribution is -2.39. The van der Waals surface area contributed by atoms with E-state index in [4.69, 9.17) is 16.7 Å². The van der Waals surface area contributed by atoms with Crippen LogP contribution in [0.4, 0.5) is 0 Å². The minimum absolute atomic E-state index is 0.0117. The molecule has 0 saturated carbocycles. The minimum atomic E-state index is -3.99. The third-order valence-electron chi connectivity index (χ3n) is 4.53. The molecule has 170 valence electrons. The van der Waals surface area contributed by atoms with Gasteiger partial charge in [0.2, 0.25) is 10.0 Å². The van der Waals surface area contributed by atoms with Gasteiger partial charge in [-0.3, -0.25) is 4.79 Å². The van der Waals surface area contributed by atoms with Crippen LogP contribution in [-0.2, 0) is 21.4 Å². The van der Waals surface area contributed by atoms with Crippen molar-refractivity contribution in [3.63, 3.8) is 0 Å². The van der Waals surface area contributed by atoms with Gasteiger partial charge in [0, 0.05) is 11.6 Å². The molecule has 3 rings (SSSR count). The van der Waals surface area contributed by atoms with Crippen molar-refractivity contribution in [3.8, 4) is 0 Å². The molecule has 0 unspecified atom stereocenters. The van der Waals surface area contributed by atoms with Crippen molar-refractivity contribution in [2.45, 2.75) is 11.4 Å². The number of nitrogens with one attached hydrogen (secondary N) is 1. The molecule has 0 saturated heterocycles. The van der Waals surface area contributed by atoms with Gasteiger partial charge in [-0.15, -0.1) is 0 Å². The number of hydrogen-bond donors (Lipinski definition) is 2. The molecule has 0 heterocycles. The zero-order valence-electron chi connectivity index (χ0n) is 17.3. The van der Waals surface area contributed by atoms with E-state index in [2.05, 4.69) is 10.5 Å². The maximum absolute atomic E-state index is 13.2. The van der Waals surface area contributed by atoms with Crippen LogP contribution in [0.3, 0.4) is 0 Å². The SMILES string of the molecule is O=C(CN(Cc1ccccc1)S(=O)(=O)c1ccc(Cl)cc1)N/N=C\c1ccc(C(=O)O)cc1. The summed E-state index contributed by atoms with van der Waals surface area (Å²) < 4.78 is 27.4. The third-order valence-corrected chi connectivity index (χ3v) is 6.59. The van der Waals surface area contributed by atoms with Crippen molar-refractivity contribution < 1.29 is 23.1 Å². The van der Waals surface area contributed by atoms with E-state index in [1.165, 1.54) is 54.7 Å². The fourth-order valence-electron chi connectivity index (χ4n) is 2.85. The second-order valence-electron chi connectivity index (χ2n) is 6.93. The van der Waals surface area contributed by atoms with Gasteiger partial charge in [0.15, 0.2) is 0 Å². The van der Waals surface area contributed by atoms with E-state index in [0.29, 0.717) is 16.1 Å². The highest BCUT2D eigenvalue weighted by Gasteiger charge is 2.27. The van der Waals surface area contributed by atoms with Crippen molar-refractivity contribution in [1.29, 1.82) is 0 Å². The van der Waals surface area contributed by atoms with Gasteiger partial charge in [-0.05, 0) is 47.5 Å². The Morgan fingerprint density at radius 3 is 2.21 bits per heavy atom. The molecule has 0 fully saturated rings. The van der Waals surface area contributed by atoms with Crippen molar-refractivity contribution in [2.24, 2.45) is 5.10 Å². The first kappa shape index (κ1) is 24.1. The number of hydrazone groups is 1. The fraction of sp³-hybridized carbons (Fsp3) is 0.0870. The van der Waals surface area contributed by atoms with Crippen molar-refractivity contribution in [2.75, 3.05) is 6.54 Å². The molecule has 0 radical (unpaired) electrons. The van der Waals surface area contributed by atoms with Gasteiger partial charge in [0.25, 0.3) is 5.91 Å². The van der Waals surface area contributed by atoms with E-state index < -0.39 is 28.4 Å². The standard InChI is InChI=1S/C23H20ClN3O5S/c24-20-10-12-21(13-11-20)33(31,32)27(15-18-4-2-1-3-5-18)16-22(28)26-25-14-17-6-8-19(9-7-17)23(29)30/h1-14H,15-16H2,(H,26,28)(H,29,30)/b25-14-. The Bertz CT molecular complexity index is 1250. The third kappa shape index (κ3) is 6.72. The first-order valence-corrected chi connectivity index (χ1v) is 11.5. The van der Waals surface area contributed by atoms with Gasteiger partial charge in [0.1, 0.15) is 0 Å². The monoisotopic (exact) mass is 485 g/mol. The molecular weight excluding hydrogens is 466 g/mol. The molecule has 0 aliphatic heterocycles. The van der Waals surface area contributed by atoms with Gasteiger partial charge in [0.05, 0.1) is 23.2 Å². The van der Waals surface area contributed by atoms with Gasteiger partial charge in [-0.2, -0.15) is 9.41 Å². The van der Waals surface area contributed by atoms with Crippen LogP contribution in [-0.4, -0.2) is 42.5 Å². The molecule has 0 atom stereocenters. The number of nitrogens with zero attached hydrogens (tertiary/aromatic N) is 2. The van der Waals surface area contributed by atoms with E-state index in [-0.39, 0.29) is 17.0 Å². The number of aromatic carboxylic acids is 1. The molecule has 10 heteroatoms. The summed E-state index contributed by atoms with van der Waals surface area (Å²) in [6, 6.07) is 20.5. The topological polar surface area (TPSA) is 116 Å². The van der Waals surface area contributed by atoms with E-state index in [1.807, 2.05) is 6.07 Å². The molecule has 8 nitrogen and oxygen atoms in total. The maximum atomic E-state index is 13.2. The first-order valence-electron chi connectivity index (χ1n) is 9.70. The van der Waals surface area contributed by atoms with Crippen LogP contribution in [0.2, 0.25) is 5.02 Å². The molecule has 1 amide bonds. The summed E-state index contributed by atoms with van der Waals surface area (Å²) in [7, 11) is -3.99. The summed E-state index contributed by atoms with van der Waals surface area (Å²) in [5.74, 6) is -1.69. The lowest BCUT2D eigenvalue weighted by Gasteiger charge is -2.21. The van der Waals surface area contributed by atoms with E-state index in [1.54, 1.807) is 24.3 Å². The van der Waals surface area contributed by atoms with Crippen LogP contribution in [0.25, 0.3) is 0 Å². The predicted octanol–water partition coefficient (Wildman–Crippen LogP) is 3.38. The lowest BCUT2D eigenvalue weighted by molar-refractivity contribution is -0.121. The molecule has 33 heavy (non-hydrogen) atoms. The lowest BCUT2D eigenvalue weighted by atomic mass is 10.1. The summed E-state index contributed by atoms with van der Waals surface area (Å²) in [5, 5.41) is 13.2. The van der Waals surface area contributed by atoms with Crippen molar-refractivity contribution in [3.05, 3.63) is 101 Å². The molecule has 0 spiro atoms. The van der Waals surface area contributed by atoms with Gasteiger partial charge in [-0.25, -0.2) is 18.6 Å². The number of sulfonamides is 1. The Hall–Kier alpha value is -3.53. The summed E-state index contributed by atoms with van der Waals surface area (Å²) >= 11 is 5.87. The maximum Gasteiger partial charge on any atom is 0.335 e. The Morgan fingerprint density at radius 1 is 0.970 bits per heavy atom. The molecule has 0 aromatic heterocycles. The van der Waals surface area contributed by atoms with E-state index >= 15 is 0 Å². The number of carboxylic acid groups (broad SMARTS) is 1. The van der Waals surface area contributed by atoms with Crippen LogP contribution < -0.4 is 5.43 Å². The number of hydrogen-bond acceptors (Lipinski definition) is 5. The second kappa shape index (κ2) is 10.9. The Morgan fingerprint density at radius 2 is 1.61 bits per heavy atom. The summed E-state index contributed by atoms with van der Waals surface area (Å²) in [4.78, 5) is 23.4. The average molecular weight is 486 g/mol. The van der Waals surface area contributed by atoms with Gasteiger partial charge < -0.3 is 5.11 Å². The largest absolute Gasteiger partial charge is 0.478 e. The Balaban J connectivity index is 1.74. The molecule has 2 N–H and O–H groups in total. The van der Waals surface area contributed by atoms with Gasteiger partial charge in [-0.1, -0.05) is 54.1 Å². The average Bonchev–Trinajstić information content (AvgIpc) is 2.80. The fourth-order valence-corrected chi connectivity index (χ4v) is 4.37. The molecule has 3 aromatic rings. The number of halogens is 1.